The summed E-state index contributed by atoms with van der Waals surface area (Å²) in [4.78, 5) is 20.4. The largest absolute Gasteiger partial charge is 0.298 e. The molecule has 1 rings (SSSR count). The highest BCUT2D eigenvalue weighted by atomic mass is 16.6. The Labute approximate surface area is 75.4 Å². The van der Waals surface area contributed by atoms with Gasteiger partial charge in [-0.05, 0) is 13.0 Å². The molecule has 0 aromatic carbocycles. The molecule has 68 valence electrons. The van der Waals surface area contributed by atoms with E-state index < -0.39 is 4.92 Å². The van der Waals surface area contributed by atoms with E-state index in [1.54, 1.807) is 19.1 Å². The lowest BCUT2D eigenvalue weighted by Crippen LogP contribution is -2.05. The number of carbonyl (C=O) groups is 1. The molecule has 0 radical (unpaired) electrons. The zero-order valence-electron chi connectivity index (χ0n) is 7.14. The number of aldehydes is 1. The van der Waals surface area contributed by atoms with Crippen LogP contribution in [0.3, 0.4) is 0 Å². The van der Waals surface area contributed by atoms with Crippen molar-refractivity contribution in [3.63, 3.8) is 0 Å². The Morgan fingerprint density at radius 3 is 2.77 bits per heavy atom. The van der Waals surface area contributed by atoms with E-state index in [9.17, 15) is 14.9 Å². The summed E-state index contributed by atoms with van der Waals surface area (Å²) in [6.45, 7) is 1.71. The monoisotopic (exact) mass is 179 g/mol. The fraction of sp³-hybridized carbons (Fsp3) is 0.222. The van der Waals surface area contributed by atoms with E-state index in [2.05, 4.69) is 0 Å². The molecular formula is C9H9NO3. The second-order valence-corrected chi connectivity index (χ2v) is 2.78. The number of hydrogen-bond donors (Lipinski definition) is 0. The highest BCUT2D eigenvalue weighted by Crippen LogP contribution is 2.17. The van der Waals surface area contributed by atoms with Crippen LogP contribution in [-0.2, 0) is 4.79 Å². The van der Waals surface area contributed by atoms with E-state index in [-0.39, 0.29) is 11.6 Å². The molecule has 0 heterocycles. The van der Waals surface area contributed by atoms with Gasteiger partial charge in [0.2, 0.25) is 0 Å². The van der Waals surface area contributed by atoms with Crippen LogP contribution < -0.4 is 0 Å². The average Bonchev–Trinajstić information content (AvgIpc) is 2.27. The van der Waals surface area contributed by atoms with Crippen LogP contribution in [0, 0.1) is 16.0 Å². The molecule has 0 saturated heterocycles. The van der Waals surface area contributed by atoms with Crippen LogP contribution in [0.15, 0.2) is 35.6 Å². The van der Waals surface area contributed by atoms with Crippen molar-refractivity contribution in [2.75, 3.05) is 0 Å². The standard InChI is InChI=1S/C9H9NO3/c1-7-2-3-8(6-11)4-5-9(7)10(12)13/h2-7H,1H3. The van der Waals surface area contributed by atoms with Gasteiger partial charge in [-0.25, -0.2) is 0 Å². The molecule has 1 atom stereocenters. The number of hydrogen-bond acceptors (Lipinski definition) is 3. The van der Waals surface area contributed by atoms with Crippen LogP contribution in [0.2, 0.25) is 0 Å². The van der Waals surface area contributed by atoms with Crippen LogP contribution in [-0.4, -0.2) is 11.2 Å². The predicted octanol–water partition coefficient (Wildman–Crippen LogP) is 1.48. The quantitative estimate of drug-likeness (QED) is 0.366. The van der Waals surface area contributed by atoms with Crippen molar-refractivity contribution in [2.24, 2.45) is 5.92 Å². The lowest BCUT2D eigenvalue weighted by atomic mass is 10.1. The number of nitrogens with zero attached hydrogens (tertiary/aromatic N) is 1. The van der Waals surface area contributed by atoms with Gasteiger partial charge in [0.1, 0.15) is 6.29 Å². The van der Waals surface area contributed by atoms with Crippen molar-refractivity contribution in [3.05, 3.63) is 45.7 Å². The summed E-state index contributed by atoms with van der Waals surface area (Å²) in [5, 5.41) is 10.5. The van der Waals surface area contributed by atoms with Gasteiger partial charge in [0, 0.05) is 11.6 Å². The third kappa shape index (κ3) is 2.11. The van der Waals surface area contributed by atoms with Crippen LogP contribution >= 0.6 is 0 Å². The minimum Gasteiger partial charge on any atom is -0.298 e. The van der Waals surface area contributed by atoms with E-state index in [0.717, 1.165) is 0 Å². The SMILES string of the molecule is CC1C=CC(C=O)=CC=C1[N+](=O)[O-]. The maximum atomic E-state index is 10.5. The lowest BCUT2D eigenvalue weighted by Gasteiger charge is -1.99. The maximum absolute atomic E-state index is 10.5. The fourth-order valence-corrected chi connectivity index (χ4v) is 1.05. The molecule has 0 N–H and O–H groups in total. The molecule has 0 aromatic heterocycles. The fourth-order valence-electron chi connectivity index (χ4n) is 1.05. The van der Waals surface area contributed by atoms with E-state index in [0.29, 0.717) is 11.9 Å². The van der Waals surface area contributed by atoms with Gasteiger partial charge in [-0.15, -0.1) is 0 Å². The summed E-state index contributed by atoms with van der Waals surface area (Å²) in [5.74, 6) is -0.260. The van der Waals surface area contributed by atoms with E-state index in [1.165, 1.54) is 12.2 Å². The Bertz CT molecular complexity index is 326. The Morgan fingerprint density at radius 2 is 2.23 bits per heavy atom. The number of nitro groups is 1. The normalized spacial score (nSPS) is 21.5. The molecule has 0 saturated carbocycles. The van der Waals surface area contributed by atoms with Crippen molar-refractivity contribution in [1.29, 1.82) is 0 Å². The van der Waals surface area contributed by atoms with Gasteiger partial charge in [-0.3, -0.25) is 14.9 Å². The average molecular weight is 179 g/mol. The van der Waals surface area contributed by atoms with E-state index in [4.69, 9.17) is 0 Å². The molecule has 0 amide bonds. The molecule has 0 fully saturated rings. The third-order valence-corrected chi connectivity index (χ3v) is 1.84. The van der Waals surface area contributed by atoms with Gasteiger partial charge in [0.25, 0.3) is 5.70 Å². The summed E-state index contributed by atoms with van der Waals surface area (Å²) in [6, 6.07) is 0. The summed E-state index contributed by atoms with van der Waals surface area (Å²) in [5.41, 5.74) is 0.553. The van der Waals surface area contributed by atoms with Gasteiger partial charge in [0.05, 0.1) is 10.8 Å². The molecule has 13 heavy (non-hydrogen) atoms. The first-order valence-electron chi connectivity index (χ1n) is 3.85. The zero-order chi connectivity index (χ0) is 9.84. The smallest absolute Gasteiger partial charge is 0.252 e. The van der Waals surface area contributed by atoms with Crippen LogP contribution in [0.5, 0.6) is 0 Å². The van der Waals surface area contributed by atoms with Gasteiger partial charge in [-0.1, -0.05) is 12.2 Å². The van der Waals surface area contributed by atoms with Crippen molar-refractivity contribution in [2.45, 2.75) is 6.92 Å². The number of allylic oxidation sites excluding steroid dienone is 5. The molecule has 1 aliphatic carbocycles. The van der Waals surface area contributed by atoms with Crippen LogP contribution in [0.4, 0.5) is 0 Å². The molecule has 0 aromatic rings. The Balaban J connectivity index is 3.04. The first-order valence-corrected chi connectivity index (χ1v) is 3.85. The molecule has 1 aliphatic rings. The highest BCUT2D eigenvalue weighted by Gasteiger charge is 2.18. The van der Waals surface area contributed by atoms with Crippen molar-refractivity contribution < 1.29 is 9.72 Å². The van der Waals surface area contributed by atoms with Crippen molar-refractivity contribution >= 4 is 6.29 Å². The molecule has 4 heteroatoms. The van der Waals surface area contributed by atoms with Gasteiger partial charge < -0.3 is 0 Å². The summed E-state index contributed by atoms with van der Waals surface area (Å²) in [6.07, 6.45) is 6.72. The van der Waals surface area contributed by atoms with Crippen LogP contribution in [0.1, 0.15) is 6.92 Å². The Kier molecular flexibility index (Phi) is 2.74. The van der Waals surface area contributed by atoms with E-state index in [1.807, 2.05) is 0 Å². The van der Waals surface area contributed by atoms with Crippen molar-refractivity contribution in [3.8, 4) is 0 Å². The molecule has 0 aliphatic heterocycles. The predicted molar refractivity (Wildman–Crippen MR) is 47.5 cm³/mol. The van der Waals surface area contributed by atoms with E-state index >= 15 is 0 Å². The maximum Gasteiger partial charge on any atom is 0.252 e. The minimum atomic E-state index is -0.431. The molecule has 0 spiro atoms. The van der Waals surface area contributed by atoms with Crippen molar-refractivity contribution in [1.82, 2.24) is 0 Å². The van der Waals surface area contributed by atoms with Gasteiger partial charge in [0.15, 0.2) is 0 Å². The first kappa shape index (κ1) is 9.38. The van der Waals surface area contributed by atoms with Gasteiger partial charge in [-0.2, -0.15) is 0 Å². The summed E-state index contributed by atoms with van der Waals surface area (Å²) < 4.78 is 0. The number of carbonyl (C=O) groups excluding carboxylic acids is 1. The molecular weight excluding hydrogens is 170 g/mol. The molecule has 1 unspecified atom stereocenters. The topological polar surface area (TPSA) is 60.2 Å². The third-order valence-electron chi connectivity index (χ3n) is 1.84. The summed E-state index contributed by atoms with van der Waals surface area (Å²) >= 11 is 0. The zero-order valence-corrected chi connectivity index (χ0v) is 7.14. The minimum absolute atomic E-state index is 0.105. The first-order chi connectivity index (χ1) is 6.15. The van der Waals surface area contributed by atoms with Crippen LogP contribution in [0.25, 0.3) is 0 Å². The number of rotatable bonds is 2. The Hall–Kier alpha value is -1.71. The molecule has 4 nitrogen and oxygen atoms in total. The highest BCUT2D eigenvalue weighted by molar-refractivity contribution is 5.78. The second-order valence-electron chi connectivity index (χ2n) is 2.78. The summed E-state index contributed by atoms with van der Waals surface area (Å²) in [7, 11) is 0. The second kappa shape index (κ2) is 3.80. The van der Waals surface area contributed by atoms with Gasteiger partial charge >= 0.3 is 0 Å². The Morgan fingerprint density at radius 1 is 1.54 bits per heavy atom. The molecule has 0 bridgehead atoms. The lowest BCUT2D eigenvalue weighted by molar-refractivity contribution is -0.431.